The van der Waals surface area contributed by atoms with Crippen molar-refractivity contribution in [1.82, 2.24) is 9.19 Å². The van der Waals surface area contributed by atoms with Crippen LogP contribution in [-0.4, -0.2) is 28.7 Å². The van der Waals surface area contributed by atoms with Crippen molar-refractivity contribution in [2.45, 2.75) is 104 Å². The van der Waals surface area contributed by atoms with Crippen LogP contribution in [0.2, 0.25) is 0 Å². The first-order chi connectivity index (χ1) is 19.9. The van der Waals surface area contributed by atoms with Gasteiger partial charge in [0.2, 0.25) is 0 Å². The van der Waals surface area contributed by atoms with Crippen LogP contribution in [-0.2, 0) is 16.4 Å². The van der Waals surface area contributed by atoms with Gasteiger partial charge in [-0.25, -0.2) is 4.79 Å². The lowest BCUT2D eigenvalue weighted by atomic mass is 9.46. The molecule has 6 nitrogen and oxygen atoms in total. The highest BCUT2D eigenvalue weighted by Gasteiger charge is 2.59. The van der Waals surface area contributed by atoms with Crippen LogP contribution in [0.3, 0.4) is 0 Å². The molecule has 1 aromatic heterocycles. The summed E-state index contributed by atoms with van der Waals surface area (Å²) in [6.07, 6.45) is 16.3. The van der Waals surface area contributed by atoms with Gasteiger partial charge in [0, 0.05) is 0 Å². The number of benzene rings is 1. The van der Waals surface area contributed by atoms with Gasteiger partial charge in [-0.2, -0.15) is 17.6 Å². The number of aromatic nitrogens is 2. The number of carboxylic acids is 1. The van der Waals surface area contributed by atoms with E-state index in [4.69, 9.17) is 0 Å². The number of allylic oxidation sites excluding steroid dienone is 1. The number of nitrogens with zero attached hydrogens (tertiary/aromatic N) is 2. The topological polar surface area (TPSA) is 89.3 Å². The molecule has 4 aliphatic carbocycles. The van der Waals surface area contributed by atoms with Gasteiger partial charge >= 0.3 is 5.97 Å². The smallest absolute Gasteiger partial charge is 0.335 e. The first-order valence-corrected chi connectivity index (χ1v) is 17.7. The van der Waals surface area contributed by atoms with Crippen LogP contribution in [0.25, 0.3) is 6.08 Å². The Morgan fingerprint density at radius 2 is 1.79 bits per heavy atom. The Bertz CT molecular complexity index is 1490. The fourth-order valence-electron chi connectivity index (χ4n) is 10.1. The van der Waals surface area contributed by atoms with E-state index in [9.17, 15) is 18.3 Å². The van der Waals surface area contributed by atoms with Gasteiger partial charge < -0.3 is 5.11 Å². The van der Waals surface area contributed by atoms with Gasteiger partial charge in [-0.15, -0.1) is 0 Å². The predicted molar refractivity (Wildman–Crippen MR) is 166 cm³/mol. The lowest BCUT2D eigenvalue weighted by molar-refractivity contribution is -0.0550. The zero-order valence-electron chi connectivity index (χ0n) is 26.0. The van der Waals surface area contributed by atoms with E-state index in [1.54, 1.807) is 6.20 Å². The minimum Gasteiger partial charge on any atom is -0.478 e. The molecule has 4 aliphatic rings. The molecule has 3 saturated carbocycles. The Morgan fingerprint density at radius 1 is 1.05 bits per heavy atom. The third-order valence-corrected chi connectivity index (χ3v) is 13.9. The maximum atomic E-state index is 13.6. The van der Waals surface area contributed by atoms with E-state index in [-0.39, 0.29) is 15.9 Å². The van der Waals surface area contributed by atoms with E-state index >= 15 is 0 Å². The second kappa shape index (κ2) is 10.6. The molecule has 1 aromatic carbocycles. The molecule has 0 spiro atoms. The number of hydrogen-bond donors (Lipinski definition) is 1. The summed E-state index contributed by atoms with van der Waals surface area (Å²) in [6, 6.07) is 5.38. The van der Waals surface area contributed by atoms with E-state index in [1.165, 1.54) is 81.2 Å². The molecule has 0 bridgehead atoms. The fraction of sp³-hybridized carbons (Fsp3) is 0.657. The lowest BCUT2D eigenvalue weighted by Crippen LogP contribution is -2.51. The van der Waals surface area contributed by atoms with Crippen LogP contribution in [0, 0.1) is 46.3 Å². The molecule has 42 heavy (non-hydrogen) atoms. The van der Waals surface area contributed by atoms with Crippen LogP contribution < -0.4 is 0 Å². The van der Waals surface area contributed by atoms with Crippen LogP contribution in [0.5, 0.6) is 0 Å². The maximum absolute atomic E-state index is 13.6. The van der Waals surface area contributed by atoms with Crippen LogP contribution >= 0.6 is 0 Å². The minimum atomic E-state index is -3.94. The average Bonchev–Trinajstić information content (AvgIpc) is 3.51. The summed E-state index contributed by atoms with van der Waals surface area (Å²) in [5.74, 6) is 3.52. The molecule has 1 N–H and O–H groups in total. The number of rotatable bonds is 8. The molecular weight excluding hydrogens is 544 g/mol. The number of carbonyl (C=O) groups is 1. The first-order valence-electron chi connectivity index (χ1n) is 16.2. The molecule has 3 fully saturated rings. The van der Waals surface area contributed by atoms with E-state index in [1.807, 2.05) is 0 Å². The quantitative estimate of drug-likeness (QED) is 0.335. The molecule has 0 saturated heterocycles. The molecule has 1 heterocycles. The van der Waals surface area contributed by atoms with Crippen molar-refractivity contribution in [3.05, 3.63) is 52.9 Å². The molecular formula is C35H48N2O4S. The molecule has 6 rings (SSSR count). The monoisotopic (exact) mass is 592 g/mol. The number of carboxylic acid groups (broad SMARTS) is 1. The summed E-state index contributed by atoms with van der Waals surface area (Å²) < 4.78 is 28.3. The van der Waals surface area contributed by atoms with E-state index in [0.717, 1.165) is 52.1 Å². The summed E-state index contributed by atoms with van der Waals surface area (Å²) in [4.78, 5) is 11.3. The normalized spacial score (nSPS) is 32.9. The molecule has 7 heteroatoms. The van der Waals surface area contributed by atoms with Crippen molar-refractivity contribution < 1.29 is 18.3 Å². The Labute approximate surface area is 252 Å². The Balaban J connectivity index is 1.23. The molecule has 0 aliphatic heterocycles. The molecule has 7 atom stereocenters. The zero-order chi connectivity index (χ0) is 30.0. The van der Waals surface area contributed by atoms with Crippen molar-refractivity contribution in [3.8, 4) is 0 Å². The van der Waals surface area contributed by atoms with Gasteiger partial charge in [-0.3, -0.25) is 0 Å². The van der Waals surface area contributed by atoms with Gasteiger partial charge in [0.05, 0.1) is 22.3 Å². The SMILES string of the molecule is CC(C)CCC[C@@H](C)[C@H]1CCC2C3CCC4=Cc5c(cnn5S(=O)(=O)c5ccc(C(=O)O)cc5)C[C@]4(C)C3CC[C@@]21C. The highest BCUT2D eigenvalue weighted by Crippen LogP contribution is 2.67. The van der Waals surface area contributed by atoms with Gasteiger partial charge in [0.25, 0.3) is 10.0 Å². The summed E-state index contributed by atoms with van der Waals surface area (Å²) >= 11 is 0. The van der Waals surface area contributed by atoms with Crippen molar-refractivity contribution in [1.29, 1.82) is 0 Å². The van der Waals surface area contributed by atoms with Gasteiger partial charge in [0.1, 0.15) is 0 Å². The van der Waals surface area contributed by atoms with E-state index in [0.29, 0.717) is 17.0 Å². The third-order valence-electron chi connectivity index (χ3n) is 12.3. The van der Waals surface area contributed by atoms with E-state index in [2.05, 4.69) is 45.8 Å². The van der Waals surface area contributed by atoms with Gasteiger partial charge in [-0.05, 0) is 127 Å². The lowest BCUT2D eigenvalue weighted by Gasteiger charge is -2.58. The highest BCUT2D eigenvalue weighted by atomic mass is 32.2. The van der Waals surface area contributed by atoms with Crippen molar-refractivity contribution in [2.75, 3.05) is 0 Å². The Morgan fingerprint density at radius 3 is 2.48 bits per heavy atom. The molecule has 0 radical (unpaired) electrons. The predicted octanol–water partition coefficient (Wildman–Crippen LogP) is 8.08. The second-order valence-corrected chi connectivity index (χ2v) is 16.7. The number of fused-ring (bicyclic) bond motifs is 6. The van der Waals surface area contributed by atoms with Gasteiger partial charge in [0.15, 0.2) is 0 Å². The standard InChI is InChI=1S/C35H48N2O4S/c1-22(2)7-6-8-23(3)29-15-16-30-28-14-11-26-19-32-25(20-35(26,5)31(28)17-18-34(29,30)4)21-36-37(32)42(40,41)27-12-9-24(10-13-27)33(38)39/h9-10,12-13,19,21-23,28-31H,6-8,11,14-18,20H2,1-5H3,(H,38,39)/t23-,28?,29-,30?,31?,34-,35+/m1/s1. The number of aromatic carboxylic acids is 1. The highest BCUT2D eigenvalue weighted by molar-refractivity contribution is 7.89. The number of hydrogen-bond acceptors (Lipinski definition) is 4. The molecule has 2 aromatic rings. The summed E-state index contributed by atoms with van der Waals surface area (Å²) in [7, 11) is -3.94. The summed E-state index contributed by atoms with van der Waals surface area (Å²) in [5, 5.41) is 13.6. The van der Waals surface area contributed by atoms with Crippen molar-refractivity contribution >= 4 is 22.1 Å². The fourth-order valence-corrected chi connectivity index (χ4v) is 11.4. The largest absolute Gasteiger partial charge is 0.478 e. The van der Waals surface area contributed by atoms with Gasteiger partial charge in [-0.1, -0.05) is 59.5 Å². The Kier molecular flexibility index (Phi) is 7.51. The summed E-state index contributed by atoms with van der Waals surface area (Å²) in [5.41, 5.74) is 3.60. The second-order valence-electron chi connectivity index (χ2n) is 14.9. The first kappa shape index (κ1) is 29.7. The maximum Gasteiger partial charge on any atom is 0.335 e. The third kappa shape index (κ3) is 4.69. The zero-order valence-corrected chi connectivity index (χ0v) is 26.8. The van der Waals surface area contributed by atoms with Crippen LogP contribution in [0.1, 0.15) is 114 Å². The van der Waals surface area contributed by atoms with Crippen LogP contribution in [0.15, 0.2) is 40.9 Å². The van der Waals surface area contributed by atoms with Crippen LogP contribution in [0.4, 0.5) is 0 Å². The molecule has 0 amide bonds. The van der Waals surface area contributed by atoms with E-state index < -0.39 is 16.0 Å². The van der Waals surface area contributed by atoms with Crippen molar-refractivity contribution in [3.63, 3.8) is 0 Å². The van der Waals surface area contributed by atoms with Crippen molar-refractivity contribution in [2.24, 2.45) is 46.3 Å². The summed E-state index contributed by atoms with van der Waals surface area (Å²) in [6.45, 7) is 12.3. The molecule has 3 unspecified atom stereocenters. The molecule has 228 valence electrons. The minimum absolute atomic E-state index is 0.0406. The Hall–Kier alpha value is -2.41. The average molecular weight is 593 g/mol.